The summed E-state index contributed by atoms with van der Waals surface area (Å²) in [6.07, 6.45) is 3.91. The van der Waals surface area contributed by atoms with E-state index >= 15 is 0 Å². The highest BCUT2D eigenvalue weighted by atomic mass is 32.1. The van der Waals surface area contributed by atoms with Crippen molar-refractivity contribution in [3.63, 3.8) is 0 Å². The highest BCUT2D eigenvalue weighted by Gasteiger charge is 2.41. The van der Waals surface area contributed by atoms with E-state index in [0.29, 0.717) is 31.7 Å². The number of nitrogens with two attached hydrogens (primary N) is 1. The molecule has 1 saturated heterocycles. The minimum atomic E-state index is -0.798. The number of ether oxygens (including phenoxy) is 1. The van der Waals surface area contributed by atoms with E-state index in [-0.39, 0.29) is 24.3 Å². The van der Waals surface area contributed by atoms with Gasteiger partial charge in [0.2, 0.25) is 23.6 Å². The first-order chi connectivity index (χ1) is 22.9. The van der Waals surface area contributed by atoms with Crippen LogP contribution in [0.1, 0.15) is 74.5 Å². The van der Waals surface area contributed by atoms with Crippen molar-refractivity contribution in [2.75, 3.05) is 31.6 Å². The van der Waals surface area contributed by atoms with Gasteiger partial charge in [0.05, 0.1) is 16.1 Å². The number of benzene rings is 2. The number of likely N-dealkylation sites (tertiary alicyclic amines) is 1. The van der Waals surface area contributed by atoms with Crippen LogP contribution in [0, 0.1) is 12.3 Å². The lowest BCUT2D eigenvalue weighted by atomic mass is 9.85. The number of amides is 4. The Kier molecular flexibility index (Phi) is 13.1. The molecule has 0 saturated carbocycles. The number of rotatable bonds is 16. The van der Waals surface area contributed by atoms with Gasteiger partial charge in [0.15, 0.2) is 0 Å². The minimum absolute atomic E-state index is 0.143. The number of anilines is 1. The summed E-state index contributed by atoms with van der Waals surface area (Å²) in [5.74, 6) is -1.26. The lowest BCUT2D eigenvalue weighted by molar-refractivity contribution is -0.144. The number of nitrogens with one attached hydrogen (secondary N) is 3. The summed E-state index contributed by atoms with van der Waals surface area (Å²) >= 11 is 1.60. The standard InChI is InChI=1S/C36H48N6O5S/c1-24-31(48-23-40-24)26-12-10-25(11-13-26)21-39-34(45)29-9-8-19-42(29)35(46)32(36(2,3)4)41-30(43)22-47-20-7-5-6-18-38-28-16-14-27(15-17-28)33(37)44/h10-17,23,29,32,38H,5-9,18-22H2,1-4H3,(H2,37,44)(H,39,45)(H,41,43)/t29-,32+/m0/s1. The number of aromatic nitrogens is 1. The molecule has 4 amide bonds. The van der Waals surface area contributed by atoms with Crippen LogP contribution in [0.3, 0.4) is 0 Å². The zero-order chi connectivity index (χ0) is 34.7. The van der Waals surface area contributed by atoms with Crippen LogP contribution in [-0.4, -0.2) is 71.9 Å². The van der Waals surface area contributed by atoms with Gasteiger partial charge in [-0.15, -0.1) is 11.3 Å². The van der Waals surface area contributed by atoms with E-state index in [1.807, 2.05) is 69.6 Å². The molecule has 1 aliphatic rings. The van der Waals surface area contributed by atoms with E-state index in [1.54, 1.807) is 28.4 Å². The third kappa shape index (κ3) is 10.4. The minimum Gasteiger partial charge on any atom is -0.385 e. The Morgan fingerprint density at radius 1 is 1.04 bits per heavy atom. The van der Waals surface area contributed by atoms with Crippen LogP contribution < -0.4 is 21.7 Å². The number of nitrogens with zero attached hydrogens (tertiary/aromatic N) is 2. The maximum Gasteiger partial charge on any atom is 0.248 e. The van der Waals surface area contributed by atoms with E-state index in [9.17, 15) is 19.2 Å². The van der Waals surface area contributed by atoms with Gasteiger partial charge < -0.3 is 31.3 Å². The predicted octanol–water partition coefficient (Wildman–Crippen LogP) is 4.65. The van der Waals surface area contributed by atoms with Gasteiger partial charge in [-0.25, -0.2) is 4.98 Å². The van der Waals surface area contributed by atoms with E-state index in [2.05, 4.69) is 20.9 Å². The molecule has 0 radical (unpaired) electrons. The molecule has 0 unspecified atom stereocenters. The first-order valence-electron chi connectivity index (χ1n) is 16.5. The molecule has 2 aromatic carbocycles. The van der Waals surface area contributed by atoms with Crippen molar-refractivity contribution in [1.29, 1.82) is 0 Å². The fourth-order valence-corrected chi connectivity index (χ4v) is 6.45. The molecular formula is C36H48N6O5S. The number of hydrogen-bond acceptors (Lipinski definition) is 8. The second kappa shape index (κ2) is 17.2. The third-order valence-electron chi connectivity index (χ3n) is 8.38. The van der Waals surface area contributed by atoms with Crippen molar-refractivity contribution < 1.29 is 23.9 Å². The summed E-state index contributed by atoms with van der Waals surface area (Å²) in [5, 5.41) is 9.19. The summed E-state index contributed by atoms with van der Waals surface area (Å²) in [6, 6.07) is 13.7. The zero-order valence-corrected chi connectivity index (χ0v) is 29.2. The number of hydrogen-bond donors (Lipinski definition) is 4. The maximum atomic E-state index is 13.8. The smallest absolute Gasteiger partial charge is 0.248 e. The second-order valence-electron chi connectivity index (χ2n) is 13.2. The molecule has 2 heterocycles. The molecule has 1 aliphatic heterocycles. The van der Waals surface area contributed by atoms with Crippen LogP contribution in [0.25, 0.3) is 10.4 Å². The predicted molar refractivity (Wildman–Crippen MR) is 188 cm³/mol. The average Bonchev–Trinajstić information content (AvgIpc) is 3.73. The van der Waals surface area contributed by atoms with Crippen LogP contribution in [0.5, 0.6) is 0 Å². The number of carbonyl (C=O) groups is 4. The molecule has 5 N–H and O–H groups in total. The normalized spacial score (nSPS) is 15.2. The van der Waals surface area contributed by atoms with Crippen LogP contribution >= 0.6 is 11.3 Å². The fourth-order valence-electron chi connectivity index (χ4n) is 5.64. The Morgan fingerprint density at radius 3 is 2.42 bits per heavy atom. The Labute approximate surface area is 287 Å². The van der Waals surface area contributed by atoms with Gasteiger partial charge in [0.25, 0.3) is 0 Å². The molecule has 1 aromatic heterocycles. The molecule has 258 valence electrons. The first-order valence-corrected chi connectivity index (χ1v) is 17.4. The second-order valence-corrected chi connectivity index (χ2v) is 14.1. The van der Waals surface area contributed by atoms with Crippen molar-refractivity contribution in [2.24, 2.45) is 11.1 Å². The van der Waals surface area contributed by atoms with Crippen molar-refractivity contribution >= 4 is 40.7 Å². The molecular weight excluding hydrogens is 629 g/mol. The molecule has 0 bridgehead atoms. The van der Waals surface area contributed by atoms with Gasteiger partial charge in [-0.3, -0.25) is 19.2 Å². The summed E-state index contributed by atoms with van der Waals surface area (Å²) in [5.41, 5.74) is 11.0. The lowest BCUT2D eigenvalue weighted by Gasteiger charge is -2.35. The van der Waals surface area contributed by atoms with Crippen LogP contribution in [0.4, 0.5) is 5.69 Å². The Balaban J connectivity index is 1.18. The molecule has 0 aliphatic carbocycles. The van der Waals surface area contributed by atoms with Gasteiger partial charge in [-0.05, 0) is 79.8 Å². The molecule has 11 nitrogen and oxygen atoms in total. The van der Waals surface area contributed by atoms with E-state index in [0.717, 1.165) is 59.6 Å². The lowest BCUT2D eigenvalue weighted by Crippen LogP contribution is -2.58. The molecule has 1 fully saturated rings. The van der Waals surface area contributed by atoms with Gasteiger partial charge in [-0.1, -0.05) is 45.0 Å². The number of primary amides is 1. The number of aryl methyl sites for hydroxylation is 1. The van der Waals surface area contributed by atoms with Crippen molar-refractivity contribution in [3.05, 3.63) is 70.9 Å². The molecule has 12 heteroatoms. The van der Waals surface area contributed by atoms with Gasteiger partial charge in [0, 0.05) is 37.5 Å². The highest BCUT2D eigenvalue weighted by molar-refractivity contribution is 7.13. The summed E-state index contributed by atoms with van der Waals surface area (Å²) in [7, 11) is 0. The topological polar surface area (TPSA) is 156 Å². The molecule has 0 spiro atoms. The molecule has 2 atom stereocenters. The Bertz CT molecular complexity index is 1530. The number of unbranched alkanes of at least 4 members (excludes halogenated alkanes) is 2. The fraction of sp³-hybridized carbons (Fsp3) is 0.472. The number of carbonyl (C=O) groups excluding carboxylic acids is 4. The summed E-state index contributed by atoms with van der Waals surface area (Å²) in [4.78, 5) is 58.1. The Hall–Kier alpha value is -4.29. The molecule has 3 aromatic rings. The largest absolute Gasteiger partial charge is 0.385 e. The van der Waals surface area contributed by atoms with Crippen molar-refractivity contribution in [3.8, 4) is 10.4 Å². The third-order valence-corrected chi connectivity index (χ3v) is 9.36. The SMILES string of the molecule is Cc1ncsc1-c1ccc(CNC(=O)[C@@H]2CCCN2C(=O)[C@@H](NC(=O)COCCCCCNc2ccc(C(N)=O)cc2)C(C)(C)C)cc1. The van der Waals surface area contributed by atoms with Crippen LogP contribution in [0.2, 0.25) is 0 Å². The number of thiazole rings is 1. The maximum absolute atomic E-state index is 13.8. The van der Waals surface area contributed by atoms with Crippen LogP contribution in [0.15, 0.2) is 54.0 Å². The van der Waals surface area contributed by atoms with E-state index < -0.39 is 23.4 Å². The van der Waals surface area contributed by atoms with Crippen molar-refractivity contribution in [1.82, 2.24) is 20.5 Å². The molecule has 4 rings (SSSR count). The highest BCUT2D eigenvalue weighted by Crippen LogP contribution is 2.28. The first kappa shape index (κ1) is 36.5. The van der Waals surface area contributed by atoms with Crippen LogP contribution in [-0.2, 0) is 25.7 Å². The average molecular weight is 677 g/mol. The van der Waals surface area contributed by atoms with E-state index in [4.69, 9.17) is 10.5 Å². The van der Waals surface area contributed by atoms with E-state index in [1.165, 1.54) is 0 Å². The van der Waals surface area contributed by atoms with Crippen molar-refractivity contribution in [2.45, 2.75) is 78.4 Å². The molecule has 48 heavy (non-hydrogen) atoms. The van der Waals surface area contributed by atoms with Gasteiger partial charge >= 0.3 is 0 Å². The Morgan fingerprint density at radius 2 is 1.77 bits per heavy atom. The summed E-state index contributed by atoms with van der Waals surface area (Å²) in [6.45, 7) is 9.57. The van der Waals surface area contributed by atoms with Gasteiger partial charge in [0.1, 0.15) is 18.7 Å². The monoisotopic (exact) mass is 676 g/mol. The summed E-state index contributed by atoms with van der Waals surface area (Å²) < 4.78 is 5.61. The quantitative estimate of drug-likeness (QED) is 0.161. The van der Waals surface area contributed by atoms with Gasteiger partial charge in [-0.2, -0.15) is 0 Å². The zero-order valence-electron chi connectivity index (χ0n) is 28.3.